The third kappa shape index (κ3) is 7.84. The van der Waals surface area contributed by atoms with Crippen LogP contribution in [0, 0.1) is 34.5 Å². The highest BCUT2D eigenvalue weighted by molar-refractivity contribution is 7.89. The number of amides is 5. The van der Waals surface area contributed by atoms with Crippen LogP contribution in [0.4, 0.5) is 4.79 Å². The summed E-state index contributed by atoms with van der Waals surface area (Å²) >= 11 is 0. The van der Waals surface area contributed by atoms with Gasteiger partial charge in [-0.1, -0.05) is 66.7 Å². The predicted octanol–water partition coefficient (Wildman–Crippen LogP) is 1.77. The van der Waals surface area contributed by atoms with Crippen LogP contribution >= 0.6 is 0 Å². The van der Waals surface area contributed by atoms with E-state index in [0.717, 1.165) is 44.9 Å². The van der Waals surface area contributed by atoms with E-state index in [9.17, 15) is 32.4 Å². The van der Waals surface area contributed by atoms with Gasteiger partial charge in [0.15, 0.2) is 0 Å². The Bertz CT molecular complexity index is 1380. The summed E-state index contributed by atoms with van der Waals surface area (Å²) in [5, 5.41) is 11.2. The van der Waals surface area contributed by atoms with Crippen LogP contribution in [-0.2, 0) is 29.2 Å². The predicted molar refractivity (Wildman–Crippen MR) is 180 cm³/mol. The second-order valence-corrected chi connectivity index (χ2v) is 18.6. The summed E-state index contributed by atoms with van der Waals surface area (Å²) in [6, 6.07) is -3.70. The van der Waals surface area contributed by atoms with Crippen molar-refractivity contribution in [1.29, 1.82) is 0 Å². The largest absolute Gasteiger partial charge is 0.353 e. The van der Waals surface area contributed by atoms with Crippen LogP contribution in [0.25, 0.3) is 0 Å². The molecule has 5 amide bonds. The van der Waals surface area contributed by atoms with Gasteiger partial charge in [-0.2, -0.15) is 4.31 Å². The van der Waals surface area contributed by atoms with Crippen molar-refractivity contribution in [1.82, 2.24) is 30.5 Å². The number of nitrogens with zero attached hydrogens (tertiary/aromatic N) is 2. The Labute approximate surface area is 285 Å². The van der Waals surface area contributed by atoms with E-state index in [-0.39, 0.29) is 47.3 Å². The van der Waals surface area contributed by atoms with E-state index in [1.54, 1.807) is 4.90 Å². The second kappa shape index (κ2) is 13.9. The van der Waals surface area contributed by atoms with Gasteiger partial charge in [0, 0.05) is 32.7 Å². The van der Waals surface area contributed by atoms with Crippen molar-refractivity contribution in [3.05, 3.63) is 0 Å². The van der Waals surface area contributed by atoms with Crippen molar-refractivity contribution in [3.63, 3.8) is 0 Å². The average molecular weight is 693 g/mol. The summed E-state index contributed by atoms with van der Waals surface area (Å²) in [4.78, 5) is 69.2. The summed E-state index contributed by atoms with van der Waals surface area (Å²) in [5.41, 5.74) is -0.634. The van der Waals surface area contributed by atoms with Crippen LogP contribution in [0.1, 0.15) is 92.4 Å². The number of carbonyl (C=O) groups is 5. The minimum Gasteiger partial charge on any atom is -0.353 e. The molecule has 13 nitrogen and oxygen atoms in total. The fourth-order valence-electron chi connectivity index (χ4n) is 8.27. The Morgan fingerprint density at radius 1 is 0.917 bits per heavy atom. The van der Waals surface area contributed by atoms with Crippen molar-refractivity contribution in [3.8, 4) is 0 Å². The molecule has 5 fully saturated rings. The number of carbonyl (C=O) groups excluding carboxylic acids is 5. The highest BCUT2D eigenvalue weighted by Gasteiger charge is 2.69. The summed E-state index contributed by atoms with van der Waals surface area (Å²) in [6.45, 7) is 10.9. The maximum Gasteiger partial charge on any atom is 0.315 e. The molecular weight excluding hydrogens is 636 g/mol. The van der Waals surface area contributed by atoms with Gasteiger partial charge in [0.25, 0.3) is 5.91 Å². The number of likely N-dealkylation sites (N-methyl/N-ethyl adjacent to an activating group) is 1. The van der Waals surface area contributed by atoms with Crippen molar-refractivity contribution in [2.24, 2.45) is 34.5 Å². The van der Waals surface area contributed by atoms with Gasteiger partial charge < -0.3 is 26.2 Å². The van der Waals surface area contributed by atoms with Gasteiger partial charge in [0.2, 0.25) is 27.6 Å². The quantitative estimate of drug-likeness (QED) is 0.226. The van der Waals surface area contributed by atoms with Gasteiger partial charge in [-0.3, -0.25) is 19.2 Å². The first-order valence-corrected chi connectivity index (χ1v) is 19.5. The molecule has 0 bridgehead atoms. The smallest absolute Gasteiger partial charge is 0.315 e. The van der Waals surface area contributed by atoms with E-state index in [0.29, 0.717) is 25.9 Å². The standard InChI is InChI=1S/C34H56N6O7S/c1-33(2,3)24(19-39-15-10-16-48(39,46)47)37-32(45)38-26(21-11-8-7-9-12-21)31(44)40-18-22-25(34(22,4)5)27(40)29(42)36-23(17-20-13-14-20)28(41)30(43)35-6/h20-27H,7-19H2,1-6H3,(H,35,43)(H,36,42)(H2,37,38,45)/t22-,23?,24+,25-,26-,27-/m0/s1. The van der Waals surface area contributed by atoms with Gasteiger partial charge in [-0.05, 0) is 60.2 Å². The monoisotopic (exact) mass is 692 g/mol. The number of likely N-dealkylation sites (tertiary alicyclic amines) is 1. The van der Waals surface area contributed by atoms with Crippen molar-refractivity contribution in [2.75, 3.05) is 32.4 Å². The summed E-state index contributed by atoms with van der Waals surface area (Å²) in [7, 11) is -1.99. The number of fused-ring (bicyclic) bond motifs is 1. The number of rotatable bonds is 12. The molecule has 5 aliphatic rings. The van der Waals surface area contributed by atoms with Gasteiger partial charge in [0.05, 0.1) is 11.8 Å². The number of urea groups is 1. The first kappa shape index (κ1) is 36.5. The van der Waals surface area contributed by atoms with Crippen LogP contribution in [-0.4, -0.2) is 104 Å². The minimum atomic E-state index is -3.37. The molecule has 2 heterocycles. The van der Waals surface area contributed by atoms with E-state index in [2.05, 4.69) is 35.1 Å². The van der Waals surface area contributed by atoms with Crippen molar-refractivity contribution in [2.45, 2.75) is 117 Å². The van der Waals surface area contributed by atoms with E-state index in [1.807, 2.05) is 20.8 Å². The van der Waals surface area contributed by atoms with E-state index < -0.39 is 63.2 Å². The third-order valence-corrected chi connectivity index (χ3v) is 13.6. The molecule has 0 radical (unpaired) electrons. The van der Waals surface area contributed by atoms with Crippen LogP contribution in [0.5, 0.6) is 0 Å². The molecule has 0 spiro atoms. The number of ketones is 1. The normalized spacial score (nSPS) is 28.5. The molecule has 3 saturated carbocycles. The zero-order chi connectivity index (χ0) is 35.2. The Hall–Kier alpha value is -2.74. The summed E-state index contributed by atoms with van der Waals surface area (Å²) < 4.78 is 26.6. The fourth-order valence-corrected chi connectivity index (χ4v) is 9.81. The summed E-state index contributed by atoms with van der Waals surface area (Å²) in [6.07, 6.45) is 7.26. The Morgan fingerprint density at radius 2 is 1.58 bits per heavy atom. The number of hydrogen-bond donors (Lipinski definition) is 4. The maximum atomic E-state index is 14.6. The number of piperidine rings is 1. The fraction of sp³-hybridized carbons (Fsp3) is 0.853. The topological polar surface area (TPSA) is 174 Å². The lowest BCUT2D eigenvalue weighted by molar-refractivity contribution is -0.144. The molecule has 1 unspecified atom stereocenters. The number of nitrogens with one attached hydrogen (secondary N) is 4. The Kier molecular flexibility index (Phi) is 10.6. The zero-order valence-corrected chi connectivity index (χ0v) is 30.3. The molecule has 6 atom stereocenters. The molecule has 0 aromatic rings. The van der Waals surface area contributed by atoms with E-state index >= 15 is 0 Å². The zero-order valence-electron chi connectivity index (χ0n) is 29.5. The van der Waals surface area contributed by atoms with Gasteiger partial charge in [-0.25, -0.2) is 13.2 Å². The molecular formula is C34H56N6O7S. The van der Waals surface area contributed by atoms with Gasteiger partial charge >= 0.3 is 6.03 Å². The minimum absolute atomic E-state index is 0.0962. The first-order valence-electron chi connectivity index (χ1n) is 17.9. The molecule has 5 rings (SSSR count). The number of hydrogen-bond acceptors (Lipinski definition) is 7. The number of sulfonamides is 1. The van der Waals surface area contributed by atoms with Crippen LogP contribution in [0.15, 0.2) is 0 Å². The van der Waals surface area contributed by atoms with Crippen LogP contribution in [0.2, 0.25) is 0 Å². The molecule has 0 aromatic carbocycles. The van der Waals surface area contributed by atoms with E-state index in [1.165, 1.54) is 11.4 Å². The lowest BCUT2D eigenvalue weighted by Crippen LogP contribution is -2.61. The van der Waals surface area contributed by atoms with Crippen molar-refractivity contribution >= 4 is 39.6 Å². The highest BCUT2D eigenvalue weighted by Crippen LogP contribution is 2.65. The maximum absolute atomic E-state index is 14.6. The Balaban J connectivity index is 1.35. The SMILES string of the molecule is CNC(=O)C(=O)C(CC1CC1)NC(=O)[C@@H]1[C@@H]2[C@H](CN1C(=O)[C@@H](NC(=O)N[C@H](CN1CCCS1(=O)=O)C(C)(C)C)C1CCCCC1)C2(C)C. The van der Waals surface area contributed by atoms with Crippen LogP contribution in [0.3, 0.4) is 0 Å². The lowest BCUT2D eigenvalue weighted by Gasteiger charge is -2.38. The van der Waals surface area contributed by atoms with Crippen LogP contribution < -0.4 is 21.3 Å². The second-order valence-electron chi connectivity index (χ2n) is 16.5. The molecule has 4 N–H and O–H groups in total. The Morgan fingerprint density at radius 3 is 2.15 bits per heavy atom. The molecule has 14 heteroatoms. The molecule has 48 heavy (non-hydrogen) atoms. The van der Waals surface area contributed by atoms with Crippen molar-refractivity contribution < 1.29 is 32.4 Å². The molecule has 0 aromatic heterocycles. The highest BCUT2D eigenvalue weighted by atomic mass is 32.2. The molecule has 270 valence electrons. The number of Topliss-reactive ketones (excluding diaryl/α,β-unsaturated/α-hetero) is 1. The van der Waals surface area contributed by atoms with Gasteiger partial charge in [-0.15, -0.1) is 0 Å². The third-order valence-electron chi connectivity index (χ3n) is 11.7. The lowest BCUT2D eigenvalue weighted by atomic mass is 9.83. The van der Waals surface area contributed by atoms with E-state index in [4.69, 9.17) is 0 Å². The average Bonchev–Trinajstić information content (AvgIpc) is 3.82. The first-order chi connectivity index (χ1) is 22.5. The molecule has 3 aliphatic carbocycles. The molecule has 2 aliphatic heterocycles. The van der Waals surface area contributed by atoms with Gasteiger partial charge in [0.1, 0.15) is 12.1 Å². The molecule has 2 saturated heterocycles. The summed E-state index contributed by atoms with van der Waals surface area (Å²) in [5.74, 6) is -1.94.